The van der Waals surface area contributed by atoms with Crippen LogP contribution in [0.5, 0.6) is 0 Å². The highest BCUT2D eigenvalue weighted by Crippen LogP contribution is 2.12. The van der Waals surface area contributed by atoms with E-state index in [4.69, 9.17) is 4.74 Å². The second kappa shape index (κ2) is 8.67. The molecule has 0 saturated heterocycles. The number of carbonyl (C=O) groups is 2. The van der Waals surface area contributed by atoms with Gasteiger partial charge in [-0.1, -0.05) is 12.1 Å². The number of alkyl carbamates (subject to hydrolysis) is 1. The third-order valence-electron chi connectivity index (χ3n) is 2.60. The predicted molar refractivity (Wildman–Crippen MR) is 91.7 cm³/mol. The molecule has 6 nitrogen and oxygen atoms in total. The van der Waals surface area contributed by atoms with Crippen molar-refractivity contribution < 1.29 is 18.5 Å². The summed E-state index contributed by atoms with van der Waals surface area (Å²) in [5.74, 6) is 0.236. The van der Waals surface area contributed by atoms with Crippen LogP contribution in [-0.2, 0) is 26.1 Å². The third kappa shape index (κ3) is 8.97. The molecule has 1 rings (SSSR count). The van der Waals surface area contributed by atoms with Gasteiger partial charge in [0.15, 0.2) is 0 Å². The summed E-state index contributed by atoms with van der Waals surface area (Å²) in [6.07, 6.45) is 1.23. The van der Waals surface area contributed by atoms with Crippen LogP contribution in [0.2, 0.25) is 0 Å². The van der Waals surface area contributed by atoms with Crippen molar-refractivity contribution in [3.63, 3.8) is 0 Å². The molecule has 0 radical (unpaired) electrons. The summed E-state index contributed by atoms with van der Waals surface area (Å²) in [6, 6.07) is 7.22. The van der Waals surface area contributed by atoms with Crippen LogP contribution in [0.15, 0.2) is 24.3 Å². The Bertz CT molecular complexity index is 582. The topological polar surface area (TPSA) is 84.5 Å². The van der Waals surface area contributed by atoms with Gasteiger partial charge in [-0.05, 0) is 38.5 Å². The smallest absolute Gasteiger partial charge is 0.407 e. The maximum atomic E-state index is 11.8. The Morgan fingerprint density at radius 1 is 1.26 bits per heavy atom. The van der Waals surface area contributed by atoms with E-state index in [1.54, 1.807) is 45.2 Å². The van der Waals surface area contributed by atoms with Gasteiger partial charge in [-0.25, -0.2) is 4.79 Å². The molecule has 0 aliphatic rings. The van der Waals surface area contributed by atoms with Gasteiger partial charge in [0.05, 0.1) is 0 Å². The van der Waals surface area contributed by atoms with Crippen LogP contribution >= 0.6 is 0 Å². The summed E-state index contributed by atoms with van der Waals surface area (Å²) in [5.41, 5.74) is 0.984. The van der Waals surface area contributed by atoms with E-state index in [0.29, 0.717) is 11.4 Å². The minimum Gasteiger partial charge on any atom is -0.444 e. The lowest BCUT2D eigenvalue weighted by Gasteiger charge is -2.19. The first-order valence-corrected chi connectivity index (χ1v) is 9.04. The number of carbonyl (C=O) groups excluding carboxylic acids is 2. The fourth-order valence-corrected chi connectivity index (χ4v) is 2.44. The van der Waals surface area contributed by atoms with Crippen LogP contribution in [0.25, 0.3) is 0 Å². The van der Waals surface area contributed by atoms with Crippen molar-refractivity contribution in [3.8, 4) is 0 Å². The van der Waals surface area contributed by atoms with E-state index in [9.17, 15) is 13.8 Å². The molecule has 1 atom stereocenters. The van der Waals surface area contributed by atoms with E-state index in [0.717, 1.165) is 5.56 Å². The normalized spacial score (nSPS) is 12.3. The average Bonchev–Trinajstić information content (AvgIpc) is 2.35. The summed E-state index contributed by atoms with van der Waals surface area (Å²) >= 11 is 0. The summed E-state index contributed by atoms with van der Waals surface area (Å²) in [6.45, 7) is 5.51. The lowest BCUT2D eigenvalue weighted by molar-refractivity contribution is -0.116. The second-order valence-corrected chi connectivity index (χ2v) is 7.58. The monoisotopic (exact) mass is 340 g/mol. The number of amides is 2. The molecule has 0 heterocycles. The van der Waals surface area contributed by atoms with Gasteiger partial charge in [0.1, 0.15) is 5.60 Å². The first kappa shape index (κ1) is 19.2. The van der Waals surface area contributed by atoms with Crippen LogP contribution in [0, 0.1) is 0 Å². The summed E-state index contributed by atoms with van der Waals surface area (Å²) in [4.78, 5) is 23.3. The molecule has 0 spiro atoms. The van der Waals surface area contributed by atoms with Gasteiger partial charge in [0.25, 0.3) is 0 Å². The Hall–Kier alpha value is -1.89. The van der Waals surface area contributed by atoms with Crippen molar-refractivity contribution in [2.24, 2.45) is 0 Å². The summed E-state index contributed by atoms with van der Waals surface area (Å²) in [7, 11) is -0.930. The lowest BCUT2D eigenvalue weighted by atomic mass is 10.2. The Kier molecular flexibility index (Phi) is 7.22. The molecule has 0 bridgehead atoms. The standard InChI is InChI=1S/C16H24N2O4S/c1-16(2,3)22-15(20)17-9-8-14(19)18-13-7-5-6-12(10-13)11-23(4)21/h5-7,10H,8-9,11H2,1-4H3,(H,17,20)(H,18,19). The molecule has 1 aromatic carbocycles. The molecular weight excluding hydrogens is 316 g/mol. The highest BCUT2D eigenvalue weighted by Gasteiger charge is 2.15. The Morgan fingerprint density at radius 3 is 2.57 bits per heavy atom. The zero-order chi connectivity index (χ0) is 17.5. The first-order valence-electron chi connectivity index (χ1n) is 7.31. The highest BCUT2D eigenvalue weighted by atomic mass is 32.2. The molecule has 0 aliphatic heterocycles. The molecule has 0 aliphatic carbocycles. The molecule has 23 heavy (non-hydrogen) atoms. The molecular formula is C16H24N2O4S. The third-order valence-corrected chi connectivity index (χ3v) is 3.34. The number of anilines is 1. The fourth-order valence-electron chi connectivity index (χ4n) is 1.79. The summed E-state index contributed by atoms with van der Waals surface area (Å²) in [5, 5.41) is 5.28. The van der Waals surface area contributed by atoms with Crippen LogP contribution in [-0.4, -0.2) is 34.6 Å². The van der Waals surface area contributed by atoms with Crippen molar-refractivity contribution in [2.45, 2.75) is 38.5 Å². The van der Waals surface area contributed by atoms with Crippen molar-refractivity contribution in [1.29, 1.82) is 0 Å². The van der Waals surface area contributed by atoms with Gasteiger partial charge >= 0.3 is 6.09 Å². The molecule has 2 N–H and O–H groups in total. The van der Waals surface area contributed by atoms with Crippen molar-refractivity contribution in [2.75, 3.05) is 18.1 Å². The molecule has 2 amide bonds. The number of hydrogen-bond acceptors (Lipinski definition) is 4. The minimum atomic E-state index is -0.930. The van der Waals surface area contributed by atoms with Gasteiger partial charge in [-0.3, -0.25) is 9.00 Å². The van der Waals surface area contributed by atoms with Crippen molar-refractivity contribution in [1.82, 2.24) is 5.32 Å². The SMILES string of the molecule is CS(=O)Cc1cccc(NC(=O)CCNC(=O)OC(C)(C)C)c1. The largest absolute Gasteiger partial charge is 0.444 e. The van der Waals surface area contributed by atoms with E-state index in [1.807, 2.05) is 6.07 Å². The highest BCUT2D eigenvalue weighted by molar-refractivity contribution is 7.83. The Morgan fingerprint density at radius 2 is 1.96 bits per heavy atom. The zero-order valence-electron chi connectivity index (χ0n) is 14.0. The predicted octanol–water partition coefficient (Wildman–Crippen LogP) is 2.42. The molecule has 0 aromatic heterocycles. The molecule has 0 fully saturated rings. The van der Waals surface area contributed by atoms with E-state index >= 15 is 0 Å². The molecule has 7 heteroatoms. The van der Waals surface area contributed by atoms with Gasteiger partial charge in [0.2, 0.25) is 5.91 Å². The number of nitrogens with one attached hydrogen (secondary N) is 2. The van der Waals surface area contributed by atoms with Gasteiger partial charge in [-0.15, -0.1) is 0 Å². The van der Waals surface area contributed by atoms with Crippen LogP contribution in [0.4, 0.5) is 10.5 Å². The number of hydrogen-bond donors (Lipinski definition) is 2. The van der Waals surface area contributed by atoms with E-state index in [2.05, 4.69) is 10.6 Å². The minimum absolute atomic E-state index is 0.142. The number of rotatable bonds is 6. The maximum absolute atomic E-state index is 11.8. The number of benzene rings is 1. The molecule has 128 valence electrons. The molecule has 1 unspecified atom stereocenters. The zero-order valence-corrected chi connectivity index (χ0v) is 14.8. The second-order valence-electron chi connectivity index (χ2n) is 6.14. The maximum Gasteiger partial charge on any atom is 0.407 e. The Labute approximate surface area is 139 Å². The van der Waals surface area contributed by atoms with E-state index < -0.39 is 22.5 Å². The van der Waals surface area contributed by atoms with Gasteiger partial charge in [-0.2, -0.15) is 0 Å². The quantitative estimate of drug-likeness (QED) is 0.833. The van der Waals surface area contributed by atoms with Crippen molar-refractivity contribution >= 4 is 28.5 Å². The lowest BCUT2D eigenvalue weighted by Crippen LogP contribution is -2.34. The fraction of sp³-hybridized carbons (Fsp3) is 0.500. The number of ether oxygens (including phenoxy) is 1. The van der Waals surface area contributed by atoms with E-state index in [-0.39, 0.29) is 18.9 Å². The molecule has 0 saturated carbocycles. The van der Waals surface area contributed by atoms with E-state index in [1.165, 1.54) is 0 Å². The summed E-state index contributed by atoms with van der Waals surface area (Å²) < 4.78 is 16.3. The Balaban J connectivity index is 2.39. The first-order chi connectivity index (χ1) is 10.7. The van der Waals surface area contributed by atoms with Gasteiger partial charge in [0, 0.05) is 41.5 Å². The average molecular weight is 340 g/mol. The van der Waals surface area contributed by atoms with Crippen LogP contribution in [0.1, 0.15) is 32.8 Å². The van der Waals surface area contributed by atoms with Gasteiger partial charge < -0.3 is 15.4 Å². The molecule has 1 aromatic rings. The van der Waals surface area contributed by atoms with Crippen molar-refractivity contribution in [3.05, 3.63) is 29.8 Å². The van der Waals surface area contributed by atoms with Crippen LogP contribution < -0.4 is 10.6 Å². The van der Waals surface area contributed by atoms with Crippen LogP contribution in [0.3, 0.4) is 0 Å².